The Morgan fingerprint density at radius 1 is 1.06 bits per heavy atom. The SMILES string of the molecule is C/C=C\C1CCC(c2ccc(C)c(F)c2F)CC1. The first kappa shape index (κ1) is 13.3. The molecule has 1 saturated carbocycles. The van der Waals surface area contributed by atoms with Crippen LogP contribution in [0.2, 0.25) is 0 Å². The van der Waals surface area contributed by atoms with Crippen LogP contribution in [0, 0.1) is 24.5 Å². The maximum atomic E-state index is 13.9. The largest absolute Gasteiger partial charge is 0.203 e. The molecule has 0 unspecified atom stereocenters. The Labute approximate surface area is 108 Å². The molecule has 0 heterocycles. The monoisotopic (exact) mass is 250 g/mol. The fourth-order valence-electron chi connectivity index (χ4n) is 2.87. The maximum Gasteiger partial charge on any atom is 0.162 e. The van der Waals surface area contributed by atoms with Crippen molar-refractivity contribution in [2.45, 2.75) is 45.4 Å². The molecule has 1 aromatic carbocycles. The molecular weight excluding hydrogens is 230 g/mol. The molecule has 0 nitrogen and oxygen atoms in total. The summed E-state index contributed by atoms with van der Waals surface area (Å²) in [7, 11) is 0. The Hall–Kier alpha value is -1.18. The number of rotatable bonds is 2. The summed E-state index contributed by atoms with van der Waals surface area (Å²) in [4.78, 5) is 0. The first-order chi connectivity index (χ1) is 8.63. The van der Waals surface area contributed by atoms with Crippen LogP contribution in [0.4, 0.5) is 8.78 Å². The Balaban J connectivity index is 2.13. The molecule has 18 heavy (non-hydrogen) atoms. The van der Waals surface area contributed by atoms with Crippen LogP contribution in [-0.4, -0.2) is 0 Å². The number of hydrogen-bond acceptors (Lipinski definition) is 0. The van der Waals surface area contributed by atoms with E-state index in [1.54, 1.807) is 19.1 Å². The van der Waals surface area contributed by atoms with Gasteiger partial charge in [0, 0.05) is 0 Å². The Bertz CT molecular complexity index is 441. The molecule has 0 atom stereocenters. The van der Waals surface area contributed by atoms with Gasteiger partial charge in [0.1, 0.15) is 0 Å². The van der Waals surface area contributed by atoms with Crippen molar-refractivity contribution in [3.63, 3.8) is 0 Å². The second-order valence-electron chi connectivity index (χ2n) is 5.24. The van der Waals surface area contributed by atoms with E-state index < -0.39 is 11.6 Å². The molecule has 0 radical (unpaired) electrons. The van der Waals surface area contributed by atoms with Crippen molar-refractivity contribution in [1.82, 2.24) is 0 Å². The van der Waals surface area contributed by atoms with Crippen LogP contribution in [0.5, 0.6) is 0 Å². The number of allylic oxidation sites excluding steroid dienone is 2. The van der Waals surface area contributed by atoms with Gasteiger partial charge in [0.15, 0.2) is 11.6 Å². The predicted octanol–water partition coefficient (Wildman–Crippen LogP) is 5.12. The minimum atomic E-state index is -0.678. The molecule has 98 valence electrons. The highest BCUT2D eigenvalue weighted by Gasteiger charge is 2.24. The van der Waals surface area contributed by atoms with Crippen LogP contribution < -0.4 is 0 Å². The van der Waals surface area contributed by atoms with E-state index in [2.05, 4.69) is 12.2 Å². The van der Waals surface area contributed by atoms with Gasteiger partial charge in [0.05, 0.1) is 0 Å². The van der Waals surface area contributed by atoms with E-state index in [1.807, 2.05) is 6.92 Å². The molecule has 1 aromatic rings. The molecule has 2 rings (SSSR count). The summed E-state index contributed by atoms with van der Waals surface area (Å²) >= 11 is 0. The van der Waals surface area contributed by atoms with Crippen LogP contribution in [0.3, 0.4) is 0 Å². The third kappa shape index (κ3) is 2.63. The second-order valence-corrected chi connectivity index (χ2v) is 5.24. The van der Waals surface area contributed by atoms with Crippen molar-refractivity contribution in [1.29, 1.82) is 0 Å². The molecule has 0 amide bonds. The fourth-order valence-corrected chi connectivity index (χ4v) is 2.87. The molecular formula is C16H20F2. The average Bonchev–Trinajstić information content (AvgIpc) is 2.38. The summed E-state index contributed by atoms with van der Waals surface area (Å²) in [5, 5.41) is 0. The number of benzene rings is 1. The minimum absolute atomic E-state index is 0.182. The molecule has 0 N–H and O–H groups in total. The molecule has 0 saturated heterocycles. The van der Waals surface area contributed by atoms with E-state index in [1.165, 1.54) is 0 Å². The Morgan fingerprint density at radius 3 is 2.33 bits per heavy atom. The van der Waals surface area contributed by atoms with Crippen molar-refractivity contribution in [2.24, 2.45) is 5.92 Å². The normalized spacial score (nSPS) is 24.7. The lowest BCUT2D eigenvalue weighted by Crippen LogP contribution is -2.13. The van der Waals surface area contributed by atoms with Crippen LogP contribution >= 0.6 is 0 Å². The lowest BCUT2D eigenvalue weighted by Gasteiger charge is -2.27. The van der Waals surface area contributed by atoms with Gasteiger partial charge in [-0.25, -0.2) is 8.78 Å². The summed E-state index contributed by atoms with van der Waals surface area (Å²) in [6, 6.07) is 3.44. The quantitative estimate of drug-likeness (QED) is 0.639. The van der Waals surface area contributed by atoms with Gasteiger partial charge in [-0.2, -0.15) is 0 Å². The minimum Gasteiger partial charge on any atom is -0.203 e. The summed E-state index contributed by atoms with van der Waals surface area (Å²) in [6.45, 7) is 3.63. The highest BCUT2D eigenvalue weighted by atomic mass is 19.2. The van der Waals surface area contributed by atoms with Gasteiger partial charge in [0.2, 0.25) is 0 Å². The van der Waals surface area contributed by atoms with Crippen molar-refractivity contribution in [3.05, 3.63) is 47.0 Å². The standard InChI is InChI=1S/C16H20F2/c1-3-4-12-6-8-13(9-7-12)14-10-5-11(2)15(17)16(14)18/h3-5,10,12-13H,6-9H2,1-2H3/b4-3-. The van der Waals surface area contributed by atoms with Crippen LogP contribution in [-0.2, 0) is 0 Å². The smallest absolute Gasteiger partial charge is 0.162 e. The van der Waals surface area contributed by atoms with E-state index in [9.17, 15) is 8.78 Å². The van der Waals surface area contributed by atoms with Crippen LogP contribution in [0.1, 0.15) is 49.7 Å². The van der Waals surface area contributed by atoms with E-state index in [0.717, 1.165) is 25.7 Å². The maximum absolute atomic E-state index is 13.9. The Morgan fingerprint density at radius 2 is 1.72 bits per heavy atom. The Kier molecular flexibility index (Phi) is 4.15. The van der Waals surface area contributed by atoms with Crippen molar-refractivity contribution >= 4 is 0 Å². The number of aryl methyl sites for hydroxylation is 1. The number of halogens is 2. The van der Waals surface area contributed by atoms with Gasteiger partial charge in [0.25, 0.3) is 0 Å². The fraction of sp³-hybridized carbons (Fsp3) is 0.500. The zero-order valence-electron chi connectivity index (χ0n) is 11.0. The van der Waals surface area contributed by atoms with Gasteiger partial charge in [-0.15, -0.1) is 0 Å². The summed E-state index contributed by atoms with van der Waals surface area (Å²) in [6.07, 6.45) is 8.36. The first-order valence-electron chi connectivity index (χ1n) is 6.70. The highest BCUT2D eigenvalue weighted by molar-refractivity contribution is 5.28. The lowest BCUT2D eigenvalue weighted by molar-refractivity contribution is 0.363. The summed E-state index contributed by atoms with van der Waals surface area (Å²) in [5.74, 6) is -0.515. The zero-order chi connectivity index (χ0) is 13.1. The van der Waals surface area contributed by atoms with Crippen LogP contribution in [0.25, 0.3) is 0 Å². The van der Waals surface area contributed by atoms with Crippen LogP contribution in [0.15, 0.2) is 24.3 Å². The molecule has 0 aliphatic heterocycles. The molecule has 0 bridgehead atoms. The summed E-state index contributed by atoms with van der Waals surface area (Å²) < 4.78 is 27.5. The third-order valence-electron chi connectivity index (χ3n) is 3.98. The molecule has 1 aliphatic carbocycles. The van der Waals surface area contributed by atoms with Gasteiger partial charge in [-0.05, 0) is 62.5 Å². The van der Waals surface area contributed by atoms with E-state index >= 15 is 0 Å². The van der Waals surface area contributed by atoms with Gasteiger partial charge in [-0.3, -0.25) is 0 Å². The third-order valence-corrected chi connectivity index (χ3v) is 3.98. The van der Waals surface area contributed by atoms with Crippen molar-refractivity contribution in [2.75, 3.05) is 0 Å². The molecule has 2 heteroatoms. The topological polar surface area (TPSA) is 0 Å². The summed E-state index contributed by atoms with van der Waals surface area (Å²) in [5.41, 5.74) is 0.955. The molecule has 1 aliphatic rings. The molecule has 0 aromatic heterocycles. The van der Waals surface area contributed by atoms with E-state index in [4.69, 9.17) is 0 Å². The van der Waals surface area contributed by atoms with Gasteiger partial charge in [-0.1, -0.05) is 24.3 Å². The predicted molar refractivity (Wildman–Crippen MR) is 70.6 cm³/mol. The second kappa shape index (κ2) is 5.64. The van der Waals surface area contributed by atoms with Gasteiger partial charge < -0.3 is 0 Å². The molecule has 1 fully saturated rings. The van der Waals surface area contributed by atoms with E-state index in [0.29, 0.717) is 17.0 Å². The molecule has 0 spiro atoms. The van der Waals surface area contributed by atoms with Crippen molar-refractivity contribution < 1.29 is 8.78 Å². The van der Waals surface area contributed by atoms with Crippen molar-refractivity contribution in [3.8, 4) is 0 Å². The van der Waals surface area contributed by atoms with Gasteiger partial charge >= 0.3 is 0 Å². The first-order valence-corrected chi connectivity index (χ1v) is 6.70. The lowest BCUT2D eigenvalue weighted by atomic mass is 9.78. The highest BCUT2D eigenvalue weighted by Crippen LogP contribution is 2.37. The van der Waals surface area contributed by atoms with E-state index in [-0.39, 0.29) is 5.92 Å². The average molecular weight is 250 g/mol. The zero-order valence-corrected chi connectivity index (χ0v) is 11.0. The number of hydrogen-bond donors (Lipinski definition) is 0.